The highest BCUT2D eigenvalue weighted by molar-refractivity contribution is 7.99. The van der Waals surface area contributed by atoms with E-state index in [9.17, 15) is 0 Å². The molecule has 0 atom stereocenters. The Morgan fingerprint density at radius 1 is 1.55 bits per heavy atom. The number of aromatic nitrogens is 2. The Morgan fingerprint density at radius 3 is 3.36 bits per heavy atom. The predicted octanol–water partition coefficient (Wildman–Crippen LogP) is 1.65. The molecule has 2 rings (SSSR count). The van der Waals surface area contributed by atoms with Gasteiger partial charge in [0.2, 0.25) is 0 Å². The summed E-state index contributed by atoms with van der Waals surface area (Å²) in [4.78, 5) is 0. The van der Waals surface area contributed by atoms with E-state index in [1.54, 1.807) is 17.8 Å². The monoisotopic (exact) mass is 187 g/mol. The zero-order valence-electron chi connectivity index (χ0n) is 5.67. The van der Waals surface area contributed by atoms with Crippen molar-refractivity contribution in [3.8, 4) is 0 Å². The molecule has 0 saturated carbocycles. The molecule has 0 amide bonds. The highest BCUT2D eigenvalue weighted by Crippen LogP contribution is 2.28. The Hall–Kier alpha value is -0.480. The lowest BCUT2D eigenvalue weighted by atomic mass is 10.4. The van der Waals surface area contributed by atoms with Gasteiger partial charge in [0.25, 0.3) is 0 Å². The van der Waals surface area contributed by atoms with Crippen molar-refractivity contribution in [1.82, 2.24) is 10.2 Å². The number of fused-ring (bicyclic) bond motifs is 1. The summed E-state index contributed by atoms with van der Waals surface area (Å²) in [6.45, 7) is 0.972. The number of anilines is 1. The third-order valence-electron chi connectivity index (χ3n) is 1.39. The van der Waals surface area contributed by atoms with E-state index in [0.717, 1.165) is 23.0 Å². The van der Waals surface area contributed by atoms with Gasteiger partial charge in [-0.2, -0.15) is 0 Å². The van der Waals surface area contributed by atoms with Crippen LogP contribution in [-0.2, 0) is 0 Å². The molecule has 0 unspecified atom stereocenters. The zero-order chi connectivity index (χ0) is 7.68. The van der Waals surface area contributed by atoms with E-state index in [4.69, 9.17) is 11.6 Å². The maximum Gasteiger partial charge on any atom is 0.153 e. The fraction of sp³-hybridized carbons (Fsp3) is 0.333. The van der Waals surface area contributed by atoms with E-state index in [1.165, 1.54) is 0 Å². The Balaban J connectivity index is 2.43. The minimum absolute atomic E-state index is 0.443. The van der Waals surface area contributed by atoms with Crippen molar-refractivity contribution < 1.29 is 0 Å². The lowest BCUT2D eigenvalue weighted by molar-refractivity contribution is 0.917. The molecule has 0 fully saturated rings. The maximum absolute atomic E-state index is 5.65. The van der Waals surface area contributed by atoms with Gasteiger partial charge in [0.05, 0.1) is 5.69 Å². The molecule has 5 heteroatoms. The number of nitrogens with zero attached hydrogens (tertiary/aromatic N) is 2. The van der Waals surface area contributed by atoms with Crippen molar-refractivity contribution in [2.45, 2.75) is 5.03 Å². The van der Waals surface area contributed by atoms with Crippen molar-refractivity contribution >= 4 is 29.1 Å². The molecular formula is C6H6ClN3S. The quantitative estimate of drug-likeness (QED) is 0.670. The van der Waals surface area contributed by atoms with Crippen LogP contribution in [0.3, 0.4) is 0 Å². The second-order valence-electron chi connectivity index (χ2n) is 2.16. The summed E-state index contributed by atoms with van der Waals surface area (Å²) in [5, 5.41) is 12.3. The van der Waals surface area contributed by atoms with E-state index in [2.05, 4.69) is 15.5 Å². The van der Waals surface area contributed by atoms with Gasteiger partial charge in [-0.25, -0.2) is 0 Å². The topological polar surface area (TPSA) is 37.8 Å². The van der Waals surface area contributed by atoms with E-state index in [1.807, 2.05) is 0 Å². The molecule has 1 aliphatic rings. The number of hydrogen-bond acceptors (Lipinski definition) is 4. The van der Waals surface area contributed by atoms with Crippen LogP contribution < -0.4 is 5.32 Å². The van der Waals surface area contributed by atoms with Crippen molar-refractivity contribution in [3.63, 3.8) is 0 Å². The Kier molecular flexibility index (Phi) is 1.87. The van der Waals surface area contributed by atoms with Gasteiger partial charge in [-0.05, 0) is 0 Å². The first-order valence-electron chi connectivity index (χ1n) is 3.26. The van der Waals surface area contributed by atoms with E-state index in [-0.39, 0.29) is 0 Å². The van der Waals surface area contributed by atoms with Gasteiger partial charge in [0.15, 0.2) is 5.15 Å². The smallest absolute Gasteiger partial charge is 0.153 e. The fourth-order valence-electron chi connectivity index (χ4n) is 0.923. The summed E-state index contributed by atoms with van der Waals surface area (Å²) < 4.78 is 0. The molecule has 11 heavy (non-hydrogen) atoms. The highest BCUT2D eigenvalue weighted by Gasteiger charge is 2.10. The minimum Gasteiger partial charge on any atom is -0.382 e. The number of rotatable bonds is 0. The van der Waals surface area contributed by atoms with Crippen LogP contribution in [0.15, 0.2) is 11.1 Å². The molecule has 0 bridgehead atoms. The number of halogens is 1. The average molecular weight is 188 g/mol. The average Bonchev–Trinajstić information content (AvgIpc) is 2.04. The Bertz CT molecular complexity index is 279. The second-order valence-corrected chi connectivity index (χ2v) is 3.63. The van der Waals surface area contributed by atoms with Gasteiger partial charge in [0, 0.05) is 18.4 Å². The van der Waals surface area contributed by atoms with E-state index in [0.29, 0.717) is 5.15 Å². The number of thioether (sulfide) groups is 1. The third kappa shape index (κ3) is 1.41. The van der Waals surface area contributed by atoms with Crippen LogP contribution >= 0.6 is 23.4 Å². The van der Waals surface area contributed by atoms with E-state index < -0.39 is 0 Å². The number of nitrogens with one attached hydrogen (secondary N) is 1. The predicted molar refractivity (Wildman–Crippen MR) is 46.3 cm³/mol. The molecule has 1 N–H and O–H groups in total. The SMILES string of the molecule is Clc1cc2c(nn1)SCCN2. The maximum atomic E-state index is 5.65. The van der Waals surface area contributed by atoms with Gasteiger partial charge in [-0.15, -0.1) is 22.0 Å². The molecule has 2 heterocycles. The third-order valence-corrected chi connectivity index (χ3v) is 2.55. The van der Waals surface area contributed by atoms with E-state index >= 15 is 0 Å². The Labute approximate surface area is 73.5 Å². The van der Waals surface area contributed by atoms with Crippen molar-refractivity contribution in [2.24, 2.45) is 0 Å². The molecule has 0 radical (unpaired) electrons. The van der Waals surface area contributed by atoms with Crippen LogP contribution in [-0.4, -0.2) is 22.5 Å². The molecule has 0 spiro atoms. The minimum atomic E-state index is 0.443. The zero-order valence-corrected chi connectivity index (χ0v) is 7.24. The summed E-state index contributed by atoms with van der Waals surface area (Å²) >= 11 is 7.36. The summed E-state index contributed by atoms with van der Waals surface area (Å²) in [6, 6.07) is 1.80. The first-order chi connectivity index (χ1) is 5.36. The summed E-state index contributed by atoms with van der Waals surface area (Å²) in [6.07, 6.45) is 0. The molecule has 1 aliphatic heterocycles. The lowest BCUT2D eigenvalue weighted by Gasteiger charge is -2.14. The van der Waals surface area contributed by atoms with Gasteiger partial charge in [0.1, 0.15) is 5.03 Å². The standard InChI is InChI=1S/C6H6ClN3S/c7-5-3-4-6(10-9-5)11-2-1-8-4/h3,8H,1-2H2. The van der Waals surface area contributed by atoms with Crippen molar-refractivity contribution in [3.05, 3.63) is 11.2 Å². The Morgan fingerprint density at radius 2 is 2.45 bits per heavy atom. The summed E-state index contributed by atoms with van der Waals surface area (Å²) in [5.41, 5.74) is 1.00. The van der Waals surface area contributed by atoms with Crippen molar-refractivity contribution in [1.29, 1.82) is 0 Å². The van der Waals surface area contributed by atoms with Crippen LogP contribution in [0.25, 0.3) is 0 Å². The van der Waals surface area contributed by atoms with Crippen molar-refractivity contribution in [2.75, 3.05) is 17.6 Å². The fourth-order valence-corrected chi connectivity index (χ4v) is 1.85. The van der Waals surface area contributed by atoms with Crippen LogP contribution in [0, 0.1) is 0 Å². The molecule has 0 saturated heterocycles. The first kappa shape index (κ1) is 7.18. The summed E-state index contributed by atoms with van der Waals surface area (Å²) in [7, 11) is 0. The van der Waals surface area contributed by atoms with Gasteiger partial charge in [-0.3, -0.25) is 0 Å². The van der Waals surface area contributed by atoms with Crippen LogP contribution in [0.4, 0.5) is 5.69 Å². The molecule has 0 aromatic carbocycles. The normalized spacial score (nSPS) is 15.4. The number of hydrogen-bond donors (Lipinski definition) is 1. The van der Waals surface area contributed by atoms with Crippen LogP contribution in [0.1, 0.15) is 0 Å². The highest BCUT2D eigenvalue weighted by atomic mass is 35.5. The van der Waals surface area contributed by atoms with Gasteiger partial charge in [-0.1, -0.05) is 11.6 Å². The molecule has 0 aliphatic carbocycles. The molecule has 1 aromatic rings. The van der Waals surface area contributed by atoms with Gasteiger partial charge >= 0.3 is 0 Å². The molecule has 58 valence electrons. The molecule has 1 aromatic heterocycles. The lowest BCUT2D eigenvalue weighted by Crippen LogP contribution is -2.11. The molecule has 3 nitrogen and oxygen atoms in total. The van der Waals surface area contributed by atoms with Gasteiger partial charge < -0.3 is 5.32 Å². The van der Waals surface area contributed by atoms with Crippen LogP contribution in [0.2, 0.25) is 5.15 Å². The van der Waals surface area contributed by atoms with Crippen LogP contribution in [0.5, 0.6) is 0 Å². The second kappa shape index (κ2) is 2.87. The molecular weight excluding hydrogens is 182 g/mol. The first-order valence-corrected chi connectivity index (χ1v) is 4.62. The largest absolute Gasteiger partial charge is 0.382 e. The summed E-state index contributed by atoms with van der Waals surface area (Å²) in [5.74, 6) is 1.04.